The molecule has 0 aliphatic heterocycles. The number of carbonyl (C=O) groups excluding carboxylic acids is 1. The average Bonchev–Trinajstić information content (AvgIpc) is 2.65. The minimum Gasteiger partial charge on any atom is -0.464 e. The molecule has 0 spiro atoms. The van der Waals surface area contributed by atoms with Gasteiger partial charge in [-0.3, -0.25) is 0 Å². The molecule has 2 rings (SSSR count). The quantitative estimate of drug-likeness (QED) is 0.696. The van der Waals surface area contributed by atoms with E-state index in [2.05, 4.69) is 4.98 Å². The van der Waals surface area contributed by atoms with E-state index in [0.717, 1.165) is 0 Å². The summed E-state index contributed by atoms with van der Waals surface area (Å²) in [6.07, 6.45) is 0. The highest BCUT2D eigenvalue weighted by Crippen LogP contribution is 2.25. The molecule has 1 unspecified atom stereocenters. The van der Waals surface area contributed by atoms with Crippen LogP contribution in [0.4, 0.5) is 4.39 Å². The number of carbonyl (C=O) groups is 1. The maximum absolute atomic E-state index is 13.4. The second-order valence-corrected chi connectivity index (χ2v) is 4.81. The van der Waals surface area contributed by atoms with Gasteiger partial charge in [0.1, 0.15) is 11.9 Å². The van der Waals surface area contributed by atoms with Crippen LogP contribution in [-0.2, 0) is 9.53 Å². The molecule has 0 amide bonds. The Kier molecular flexibility index (Phi) is 3.91. The topological polar surface area (TPSA) is 47.0 Å². The van der Waals surface area contributed by atoms with Gasteiger partial charge in [-0.2, -0.15) is 0 Å². The van der Waals surface area contributed by atoms with E-state index in [1.165, 1.54) is 12.1 Å². The Morgan fingerprint density at radius 1 is 1.63 bits per heavy atom. The minimum absolute atomic E-state index is 0.0219. The van der Waals surface area contributed by atoms with E-state index in [-0.39, 0.29) is 11.6 Å². The molecule has 0 aliphatic rings. The summed E-state index contributed by atoms with van der Waals surface area (Å²) in [6, 6.07) is 2.08. The third-order valence-electron chi connectivity index (χ3n) is 2.77. The van der Waals surface area contributed by atoms with Gasteiger partial charge in [0.25, 0.3) is 0 Å². The van der Waals surface area contributed by atoms with Crippen molar-refractivity contribution in [1.82, 2.24) is 9.55 Å². The summed E-state index contributed by atoms with van der Waals surface area (Å²) >= 11 is 10.9. The van der Waals surface area contributed by atoms with Gasteiger partial charge in [0.05, 0.1) is 22.7 Å². The molecule has 4 nitrogen and oxygen atoms in total. The Morgan fingerprint density at radius 3 is 2.95 bits per heavy atom. The molecule has 0 saturated carbocycles. The molecule has 0 aliphatic carbocycles. The Labute approximate surface area is 119 Å². The fraction of sp³-hybridized carbons (Fsp3) is 0.333. The summed E-state index contributed by atoms with van der Waals surface area (Å²) < 4.78 is 20.2. The number of imidazole rings is 1. The van der Waals surface area contributed by atoms with Crippen molar-refractivity contribution in [2.24, 2.45) is 0 Å². The zero-order chi connectivity index (χ0) is 14.2. The lowest BCUT2D eigenvalue weighted by Gasteiger charge is -2.13. The molecule has 19 heavy (non-hydrogen) atoms. The number of fused-ring (bicyclic) bond motifs is 1. The van der Waals surface area contributed by atoms with Crippen LogP contribution in [-0.4, -0.2) is 22.1 Å². The fourth-order valence-electron chi connectivity index (χ4n) is 1.87. The number of aromatic amines is 1. The van der Waals surface area contributed by atoms with Crippen LogP contribution in [0.25, 0.3) is 11.0 Å². The Hall–Kier alpha value is -1.40. The van der Waals surface area contributed by atoms with E-state index in [1.807, 2.05) is 0 Å². The first-order valence-electron chi connectivity index (χ1n) is 5.71. The van der Waals surface area contributed by atoms with Gasteiger partial charge in [0.15, 0.2) is 4.77 Å². The highest BCUT2D eigenvalue weighted by molar-refractivity contribution is 7.71. The zero-order valence-electron chi connectivity index (χ0n) is 10.4. The van der Waals surface area contributed by atoms with Crippen LogP contribution in [0.3, 0.4) is 0 Å². The van der Waals surface area contributed by atoms with E-state index in [1.54, 1.807) is 18.4 Å². The number of rotatable bonds is 3. The summed E-state index contributed by atoms with van der Waals surface area (Å²) in [5.41, 5.74) is 1.06. The molecule has 0 radical (unpaired) electrons. The number of hydrogen-bond acceptors (Lipinski definition) is 3. The first-order chi connectivity index (χ1) is 8.95. The first-order valence-corrected chi connectivity index (χ1v) is 6.50. The molecule has 102 valence electrons. The molecule has 0 bridgehead atoms. The van der Waals surface area contributed by atoms with Crippen LogP contribution >= 0.6 is 23.8 Å². The summed E-state index contributed by atoms with van der Waals surface area (Å²) in [5, 5.41) is -0.0219. The van der Waals surface area contributed by atoms with Crippen LogP contribution in [0.1, 0.15) is 19.9 Å². The van der Waals surface area contributed by atoms with E-state index >= 15 is 0 Å². The first kappa shape index (κ1) is 14.0. The number of halogens is 2. The van der Waals surface area contributed by atoms with Gasteiger partial charge in [-0.15, -0.1) is 0 Å². The maximum atomic E-state index is 13.4. The van der Waals surface area contributed by atoms with Crippen molar-refractivity contribution < 1.29 is 13.9 Å². The predicted octanol–water partition coefficient (Wildman–Crippen LogP) is 3.62. The number of ether oxygens (including phenoxy) is 1. The third-order valence-corrected chi connectivity index (χ3v) is 3.36. The molecule has 1 heterocycles. The highest BCUT2D eigenvalue weighted by atomic mass is 35.5. The lowest BCUT2D eigenvalue weighted by Crippen LogP contribution is -2.19. The maximum Gasteiger partial charge on any atom is 0.328 e. The van der Waals surface area contributed by atoms with Gasteiger partial charge in [-0.25, -0.2) is 9.18 Å². The van der Waals surface area contributed by atoms with Crippen molar-refractivity contribution in [2.75, 3.05) is 6.61 Å². The van der Waals surface area contributed by atoms with Crippen molar-refractivity contribution in [3.63, 3.8) is 0 Å². The molecular formula is C12H12ClFN2O2S. The third kappa shape index (κ3) is 2.50. The van der Waals surface area contributed by atoms with Crippen molar-refractivity contribution in [2.45, 2.75) is 19.9 Å². The lowest BCUT2D eigenvalue weighted by atomic mass is 10.2. The second kappa shape index (κ2) is 5.30. The molecule has 0 fully saturated rings. The van der Waals surface area contributed by atoms with E-state index < -0.39 is 17.8 Å². The number of nitrogens with zero attached hydrogens (tertiary/aromatic N) is 1. The van der Waals surface area contributed by atoms with Crippen LogP contribution in [0.2, 0.25) is 5.02 Å². The van der Waals surface area contributed by atoms with E-state index in [0.29, 0.717) is 15.8 Å². The standard InChI is InChI=1S/C12H12ClFN2O2S/c1-3-18-11(17)6(2)16-10-4-7(13)8(14)5-9(10)15-12(16)19/h4-6H,3H2,1-2H3,(H,15,19). The molecular weight excluding hydrogens is 291 g/mol. The van der Waals surface area contributed by atoms with Gasteiger partial charge in [-0.05, 0) is 32.1 Å². The molecule has 2 aromatic rings. The van der Waals surface area contributed by atoms with E-state index in [9.17, 15) is 9.18 Å². The van der Waals surface area contributed by atoms with E-state index in [4.69, 9.17) is 28.6 Å². The normalized spacial score (nSPS) is 12.6. The average molecular weight is 303 g/mol. The second-order valence-electron chi connectivity index (χ2n) is 4.01. The van der Waals surface area contributed by atoms with Crippen LogP contribution in [0.15, 0.2) is 12.1 Å². The summed E-state index contributed by atoms with van der Waals surface area (Å²) in [6.45, 7) is 3.68. The molecule has 7 heteroatoms. The smallest absolute Gasteiger partial charge is 0.328 e. The minimum atomic E-state index is -0.609. The summed E-state index contributed by atoms with van der Waals surface area (Å²) in [4.78, 5) is 14.6. The van der Waals surface area contributed by atoms with Crippen molar-refractivity contribution in [3.05, 3.63) is 27.7 Å². The Bertz CT molecular complexity index is 695. The molecule has 1 aromatic heterocycles. The molecule has 1 N–H and O–H groups in total. The van der Waals surface area contributed by atoms with Gasteiger partial charge in [0, 0.05) is 6.07 Å². The number of nitrogens with one attached hydrogen (secondary N) is 1. The monoisotopic (exact) mass is 302 g/mol. The highest BCUT2D eigenvalue weighted by Gasteiger charge is 2.20. The zero-order valence-corrected chi connectivity index (χ0v) is 11.9. The molecule has 1 atom stereocenters. The summed E-state index contributed by atoms with van der Waals surface area (Å²) in [7, 11) is 0. The Morgan fingerprint density at radius 2 is 2.32 bits per heavy atom. The fourth-order valence-corrected chi connectivity index (χ4v) is 2.40. The number of aromatic nitrogens is 2. The predicted molar refractivity (Wildman–Crippen MR) is 73.4 cm³/mol. The van der Waals surface area contributed by atoms with Crippen molar-refractivity contribution in [1.29, 1.82) is 0 Å². The van der Waals surface area contributed by atoms with Crippen LogP contribution < -0.4 is 0 Å². The van der Waals surface area contributed by atoms with Gasteiger partial charge >= 0.3 is 5.97 Å². The van der Waals surface area contributed by atoms with Gasteiger partial charge in [0.2, 0.25) is 0 Å². The molecule has 1 aromatic carbocycles. The number of H-pyrrole nitrogens is 1. The van der Waals surface area contributed by atoms with Crippen LogP contribution in [0, 0.1) is 10.6 Å². The van der Waals surface area contributed by atoms with Gasteiger partial charge < -0.3 is 14.3 Å². The lowest BCUT2D eigenvalue weighted by molar-refractivity contribution is -0.146. The van der Waals surface area contributed by atoms with Gasteiger partial charge in [-0.1, -0.05) is 11.6 Å². The van der Waals surface area contributed by atoms with Crippen molar-refractivity contribution in [3.8, 4) is 0 Å². The largest absolute Gasteiger partial charge is 0.464 e. The van der Waals surface area contributed by atoms with Crippen LogP contribution in [0.5, 0.6) is 0 Å². The molecule has 0 saturated heterocycles. The van der Waals surface area contributed by atoms with Crippen molar-refractivity contribution >= 4 is 40.8 Å². The Balaban J connectivity index is 2.60. The number of esters is 1. The summed E-state index contributed by atoms with van der Waals surface area (Å²) in [5.74, 6) is -0.943. The number of benzene rings is 1. The number of hydrogen-bond donors (Lipinski definition) is 1. The SMILES string of the molecule is CCOC(=O)C(C)n1c(=S)[nH]c2cc(F)c(Cl)cc21.